The summed E-state index contributed by atoms with van der Waals surface area (Å²) in [6.07, 6.45) is 3.82. The SMILES string of the molecule is CN(C)C(=O)Nc1nc2c(s1)C(=O)CC1(CC1)C2. The van der Waals surface area contributed by atoms with E-state index in [2.05, 4.69) is 10.3 Å². The van der Waals surface area contributed by atoms with Crippen molar-refractivity contribution in [3.63, 3.8) is 0 Å². The largest absolute Gasteiger partial charge is 0.331 e. The Labute approximate surface area is 109 Å². The molecular weight excluding hydrogens is 250 g/mol. The van der Waals surface area contributed by atoms with Gasteiger partial charge in [0.2, 0.25) is 0 Å². The lowest BCUT2D eigenvalue weighted by atomic mass is 9.87. The molecule has 2 amide bonds. The quantitative estimate of drug-likeness (QED) is 0.846. The summed E-state index contributed by atoms with van der Waals surface area (Å²) < 4.78 is 0. The molecule has 0 atom stereocenters. The lowest BCUT2D eigenvalue weighted by Crippen LogP contribution is -2.27. The summed E-state index contributed by atoms with van der Waals surface area (Å²) in [6.45, 7) is 0. The first-order valence-electron chi connectivity index (χ1n) is 6.00. The van der Waals surface area contributed by atoms with E-state index < -0.39 is 0 Å². The maximum absolute atomic E-state index is 12.0. The smallest absolute Gasteiger partial charge is 0.323 e. The highest BCUT2D eigenvalue weighted by atomic mass is 32.1. The highest BCUT2D eigenvalue weighted by Crippen LogP contribution is 2.55. The Kier molecular flexibility index (Phi) is 2.45. The third kappa shape index (κ3) is 1.90. The van der Waals surface area contributed by atoms with Gasteiger partial charge in [-0.3, -0.25) is 10.1 Å². The molecule has 0 saturated heterocycles. The van der Waals surface area contributed by atoms with Crippen LogP contribution in [0.4, 0.5) is 9.93 Å². The second-order valence-corrected chi connectivity index (χ2v) is 6.40. The van der Waals surface area contributed by atoms with Gasteiger partial charge in [0.15, 0.2) is 10.9 Å². The van der Waals surface area contributed by atoms with Crippen LogP contribution in [0, 0.1) is 5.41 Å². The molecule has 18 heavy (non-hydrogen) atoms. The van der Waals surface area contributed by atoms with E-state index >= 15 is 0 Å². The van der Waals surface area contributed by atoms with Gasteiger partial charge in [-0.1, -0.05) is 11.3 Å². The number of urea groups is 1. The second-order valence-electron chi connectivity index (χ2n) is 5.40. The number of anilines is 1. The predicted molar refractivity (Wildman–Crippen MR) is 69.1 cm³/mol. The number of rotatable bonds is 1. The summed E-state index contributed by atoms with van der Waals surface area (Å²) in [6, 6.07) is -0.213. The Morgan fingerprint density at radius 1 is 1.39 bits per heavy atom. The molecule has 96 valence electrons. The van der Waals surface area contributed by atoms with Crippen molar-refractivity contribution in [1.29, 1.82) is 0 Å². The molecule has 5 nitrogen and oxygen atoms in total. The van der Waals surface area contributed by atoms with Crippen molar-refractivity contribution in [3.8, 4) is 0 Å². The Hall–Kier alpha value is -1.43. The number of carbonyl (C=O) groups excluding carboxylic acids is 2. The maximum Gasteiger partial charge on any atom is 0.323 e. The van der Waals surface area contributed by atoms with Gasteiger partial charge in [0, 0.05) is 20.5 Å². The van der Waals surface area contributed by atoms with Crippen LogP contribution in [0.2, 0.25) is 0 Å². The van der Waals surface area contributed by atoms with E-state index in [4.69, 9.17) is 0 Å². The molecule has 0 unspecified atom stereocenters. The molecule has 1 N–H and O–H groups in total. The van der Waals surface area contributed by atoms with Crippen LogP contribution in [0.25, 0.3) is 0 Å². The Bertz CT molecular complexity index is 531. The number of nitrogens with one attached hydrogen (secondary N) is 1. The Morgan fingerprint density at radius 2 is 2.11 bits per heavy atom. The fraction of sp³-hybridized carbons (Fsp3) is 0.583. The minimum Gasteiger partial charge on any atom is -0.331 e. The molecule has 1 saturated carbocycles. The van der Waals surface area contributed by atoms with Gasteiger partial charge in [-0.05, 0) is 24.7 Å². The molecule has 1 fully saturated rings. The summed E-state index contributed by atoms with van der Waals surface area (Å²) in [5.41, 5.74) is 1.09. The van der Waals surface area contributed by atoms with Crippen LogP contribution in [0.5, 0.6) is 0 Å². The third-order valence-corrected chi connectivity index (χ3v) is 4.66. The van der Waals surface area contributed by atoms with Gasteiger partial charge in [-0.15, -0.1) is 0 Å². The number of hydrogen-bond donors (Lipinski definition) is 1. The molecule has 1 spiro atoms. The zero-order valence-corrected chi connectivity index (χ0v) is 11.3. The number of ketones is 1. The number of amides is 2. The second kappa shape index (κ2) is 3.78. The maximum atomic E-state index is 12.0. The summed E-state index contributed by atoms with van der Waals surface area (Å²) in [7, 11) is 3.35. The molecule has 0 radical (unpaired) electrons. The molecule has 0 aromatic carbocycles. The van der Waals surface area contributed by atoms with E-state index in [9.17, 15) is 9.59 Å². The van der Waals surface area contributed by atoms with Crippen LogP contribution >= 0.6 is 11.3 Å². The van der Waals surface area contributed by atoms with Crippen LogP contribution in [-0.4, -0.2) is 35.8 Å². The monoisotopic (exact) mass is 265 g/mol. The van der Waals surface area contributed by atoms with Crippen LogP contribution < -0.4 is 5.32 Å². The molecule has 2 aliphatic carbocycles. The molecule has 1 heterocycles. The molecule has 0 aliphatic heterocycles. The van der Waals surface area contributed by atoms with Crippen LogP contribution in [-0.2, 0) is 6.42 Å². The lowest BCUT2D eigenvalue weighted by molar-refractivity contribution is 0.0945. The van der Waals surface area contributed by atoms with Gasteiger partial charge >= 0.3 is 6.03 Å². The number of carbonyl (C=O) groups is 2. The molecule has 1 aromatic heterocycles. The molecule has 3 rings (SSSR count). The Morgan fingerprint density at radius 3 is 2.72 bits per heavy atom. The van der Waals surface area contributed by atoms with Crippen LogP contribution in [0.3, 0.4) is 0 Å². The van der Waals surface area contributed by atoms with Gasteiger partial charge in [0.1, 0.15) is 0 Å². The van der Waals surface area contributed by atoms with Gasteiger partial charge < -0.3 is 4.90 Å². The van der Waals surface area contributed by atoms with Crippen molar-refractivity contribution >= 4 is 28.3 Å². The molecule has 2 aliphatic rings. The summed E-state index contributed by atoms with van der Waals surface area (Å²) in [4.78, 5) is 30.1. The van der Waals surface area contributed by atoms with E-state index in [0.717, 1.165) is 29.8 Å². The van der Waals surface area contributed by atoms with E-state index in [1.165, 1.54) is 16.2 Å². The molecule has 0 bridgehead atoms. The van der Waals surface area contributed by atoms with Crippen molar-refractivity contribution in [2.45, 2.75) is 25.7 Å². The highest BCUT2D eigenvalue weighted by Gasteiger charge is 2.49. The molecular formula is C12H15N3O2S. The third-order valence-electron chi connectivity index (χ3n) is 3.61. The number of aromatic nitrogens is 1. The van der Waals surface area contributed by atoms with Crippen LogP contribution in [0.15, 0.2) is 0 Å². The summed E-state index contributed by atoms with van der Waals surface area (Å²) in [5.74, 6) is 0.191. The zero-order chi connectivity index (χ0) is 12.9. The first-order chi connectivity index (χ1) is 8.49. The topological polar surface area (TPSA) is 62.3 Å². The summed E-state index contributed by atoms with van der Waals surface area (Å²) >= 11 is 1.30. The molecule has 6 heteroatoms. The number of fused-ring (bicyclic) bond motifs is 1. The first-order valence-corrected chi connectivity index (χ1v) is 6.82. The lowest BCUT2D eigenvalue weighted by Gasteiger charge is -2.18. The average molecular weight is 265 g/mol. The van der Waals surface area contributed by atoms with Gasteiger partial charge in [0.25, 0.3) is 0 Å². The van der Waals surface area contributed by atoms with Crippen molar-refractivity contribution in [1.82, 2.24) is 9.88 Å². The van der Waals surface area contributed by atoms with E-state index in [0.29, 0.717) is 11.6 Å². The highest BCUT2D eigenvalue weighted by molar-refractivity contribution is 7.17. The van der Waals surface area contributed by atoms with Crippen molar-refractivity contribution in [2.24, 2.45) is 5.41 Å². The summed E-state index contributed by atoms with van der Waals surface area (Å²) in [5, 5.41) is 3.24. The van der Waals surface area contributed by atoms with Crippen molar-refractivity contribution < 1.29 is 9.59 Å². The van der Waals surface area contributed by atoms with Gasteiger partial charge in [-0.2, -0.15) is 0 Å². The minimum absolute atomic E-state index is 0.191. The minimum atomic E-state index is -0.213. The standard InChI is InChI=1S/C12H15N3O2S/c1-15(2)11(17)14-10-13-7-5-12(3-4-12)6-8(16)9(7)18-10/h3-6H2,1-2H3,(H,13,14,17). The number of hydrogen-bond acceptors (Lipinski definition) is 4. The fourth-order valence-corrected chi connectivity index (χ4v) is 3.22. The fourth-order valence-electron chi connectivity index (χ4n) is 2.32. The Balaban J connectivity index is 1.84. The van der Waals surface area contributed by atoms with Gasteiger partial charge in [0.05, 0.1) is 10.6 Å². The average Bonchev–Trinajstić information content (AvgIpc) is 2.88. The number of Topliss-reactive ketones (excluding diaryl/α,β-unsaturated/α-hetero) is 1. The van der Waals surface area contributed by atoms with E-state index in [1.54, 1.807) is 14.1 Å². The van der Waals surface area contributed by atoms with E-state index in [-0.39, 0.29) is 17.2 Å². The normalized spacial score (nSPS) is 19.6. The number of nitrogens with zero attached hydrogens (tertiary/aromatic N) is 2. The predicted octanol–water partition coefficient (Wildman–Crippen LogP) is 2.15. The van der Waals surface area contributed by atoms with Crippen molar-refractivity contribution in [3.05, 3.63) is 10.6 Å². The number of thiazole rings is 1. The molecule has 1 aromatic rings. The first kappa shape index (κ1) is 11.6. The van der Waals surface area contributed by atoms with Gasteiger partial charge in [-0.25, -0.2) is 9.78 Å². The van der Waals surface area contributed by atoms with Crippen LogP contribution in [0.1, 0.15) is 34.6 Å². The zero-order valence-electron chi connectivity index (χ0n) is 10.4. The van der Waals surface area contributed by atoms with E-state index in [1.807, 2.05) is 0 Å². The van der Waals surface area contributed by atoms with Crippen molar-refractivity contribution in [2.75, 3.05) is 19.4 Å².